The van der Waals surface area contributed by atoms with Gasteiger partial charge in [-0.1, -0.05) is 35.9 Å². The fourth-order valence-corrected chi connectivity index (χ4v) is 3.89. The lowest BCUT2D eigenvalue weighted by Gasteiger charge is -2.29. The Balaban J connectivity index is 1.33. The van der Waals surface area contributed by atoms with Gasteiger partial charge in [0.25, 0.3) is 11.8 Å². The van der Waals surface area contributed by atoms with E-state index in [9.17, 15) is 9.59 Å². The number of para-hydroxylation sites is 1. The number of carbonyl (C=O) groups excluding carboxylic acids is 2. The number of hydrogen-bond acceptors (Lipinski definition) is 6. The topological polar surface area (TPSA) is 80.8 Å². The quantitative estimate of drug-likeness (QED) is 0.202. The zero-order valence-electron chi connectivity index (χ0n) is 19.8. The molecule has 5 rings (SSSR count). The Bertz CT molecular complexity index is 1480. The molecule has 1 fully saturated rings. The van der Waals surface area contributed by atoms with Crippen LogP contribution in [0.15, 0.2) is 103 Å². The lowest BCUT2D eigenvalue weighted by Crippen LogP contribution is -2.54. The number of nitrogens with zero attached hydrogens (tertiary/aromatic N) is 2. The van der Waals surface area contributed by atoms with Crippen molar-refractivity contribution >= 4 is 40.9 Å². The molecule has 2 amide bonds. The number of carbonyl (C=O) groups is 2. The molecule has 3 aromatic carbocycles. The molecule has 0 atom stereocenters. The summed E-state index contributed by atoms with van der Waals surface area (Å²) in [5, 5.41) is 2.59. The maximum absolute atomic E-state index is 13.3. The van der Waals surface area contributed by atoms with Gasteiger partial charge >= 0.3 is 0 Å². The van der Waals surface area contributed by atoms with Gasteiger partial charge in [-0.2, -0.15) is 0 Å². The third-order valence-corrected chi connectivity index (χ3v) is 5.77. The molecule has 0 radical (unpaired) electrons. The smallest absolute Gasteiger partial charge is 0.270 e. The second-order valence-electron chi connectivity index (χ2n) is 8.21. The van der Waals surface area contributed by atoms with Gasteiger partial charge in [0.15, 0.2) is 5.11 Å². The number of benzene rings is 3. The number of hydrogen-bond donors (Lipinski definition) is 1. The number of thiocarbonyl (C=S) groups is 1. The van der Waals surface area contributed by atoms with Crippen LogP contribution >= 0.6 is 12.2 Å². The minimum Gasteiger partial charge on any atom is -0.457 e. The molecule has 0 unspecified atom stereocenters. The van der Waals surface area contributed by atoms with Crippen molar-refractivity contribution in [3.63, 3.8) is 0 Å². The van der Waals surface area contributed by atoms with Gasteiger partial charge in [-0.15, -0.1) is 0 Å². The molecule has 7 nitrogen and oxygen atoms in total. The molecule has 8 heteroatoms. The van der Waals surface area contributed by atoms with E-state index in [0.717, 1.165) is 5.56 Å². The zero-order chi connectivity index (χ0) is 25.8. The maximum atomic E-state index is 13.3. The van der Waals surface area contributed by atoms with Crippen LogP contribution in [-0.4, -0.2) is 21.9 Å². The van der Waals surface area contributed by atoms with E-state index in [4.69, 9.17) is 21.7 Å². The van der Waals surface area contributed by atoms with E-state index in [-0.39, 0.29) is 10.7 Å². The molecule has 1 aliphatic rings. The van der Waals surface area contributed by atoms with Gasteiger partial charge in [-0.05, 0) is 85.4 Å². The summed E-state index contributed by atoms with van der Waals surface area (Å²) >= 11 is 5.29. The molecule has 0 aliphatic carbocycles. The SMILES string of the molecule is Cc1ccc(Oc2ccc(/C=C3\C(=O)NC(=S)N(c4ccc(Oc5ccccc5)cc4)C3=O)cn2)cc1. The second-order valence-corrected chi connectivity index (χ2v) is 8.60. The molecule has 1 aliphatic heterocycles. The normalized spacial score (nSPS) is 14.5. The Labute approximate surface area is 219 Å². The van der Waals surface area contributed by atoms with Gasteiger partial charge in [0.2, 0.25) is 5.88 Å². The summed E-state index contributed by atoms with van der Waals surface area (Å²) in [5.74, 6) is 1.24. The Hall–Kier alpha value is -4.82. The molecule has 1 N–H and O–H groups in total. The maximum Gasteiger partial charge on any atom is 0.270 e. The standard InChI is InChI=1S/C29H21N3O4S/c1-19-7-12-24(13-8-19)36-26-16-9-20(18-30-26)17-25-27(33)31-29(37)32(28(25)34)21-10-14-23(15-11-21)35-22-5-3-2-4-6-22/h2-18H,1H3,(H,31,33,37)/b25-17+. The number of amides is 2. The number of aromatic nitrogens is 1. The first-order valence-corrected chi connectivity index (χ1v) is 11.8. The van der Waals surface area contributed by atoms with Crippen molar-refractivity contribution in [3.05, 3.63) is 114 Å². The largest absolute Gasteiger partial charge is 0.457 e. The van der Waals surface area contributed by atoms with Crippen LogP contribution in [-0.2, 0) is 9.59 Å². The van der Waals surface area contributed by atoms with Crippen LogP contribution in [0.25, 0.3) is 6.08 Å². The highest BCUT2D eigenvalue weighted by Crippen LogP contribution is 2.27. The van der Waals surface area contributed by atoms with Gasteiger partial charge in [-0.25, -0.2) is 4.98 Å². The first-order chi connectivity index (χ1) is 18.0. The molecule has 1 aromatic heterocycles. The molecule has 0 bridgehead atoms. The predicted octanol–water partition coefficient (Wildman–Crippen LogP) is 5.81. The zero-order valence-corrected chi connectivity index (χ0v) is 20.6. The molecule has 1 saturated heterocycles. The van der Waals surface area contributed by atoms with Gasteiger partial charge < -0.3 is 9.47 Å². The van der Waals surface area contributed by atoms with Crippen molar-refractivity contribution in [3.8, 4) is 23.1 Å². The molecule has 0 saturated carbocycles. The lowest BCUT2D eigenvalue weighted by molar-refractivity contribution is -0.122. The van der Waals surface area contributed by atoms with Crippen LogP contribution in [0.3, 0.4) is 0 Å². The van der Waals surface area contributed by atoms with Gasteiger partial charge in [0.1, 0.15) is 22.8 Å². The minimum atomic E-state index is -0.574. The van der Waals surface area contributed by atoms with Crippen molar-refractivity contribution in [1.82, 2.24) is 10.3 Å². The van der Waals surface area contributed by atoms with Crippen LogP contribution in [0.1, 0.15) is 11.1 Å². The summed E-state index contributed by atoms with van der Waals surface area (Å²) in [6, 6.07) is 27.2. The lowest BCUT2D eigenvalue weighted by atomic mass is 10.1. The summed E-state index contributed by atoms with van der Waals surface area (Å²) in [7, 11) is 0. The van der Waals surface area contributed by atoms with E-state index < -0.39 is 11.8 Å². The van der Waals surface area contributed by atoms with E-state index in [0.29, 0.717) is 34.4 Å². The number of anilines is 1. The average molecular weight is 508 g/mol. The van der Waals surface area contributed by atoms with E-state index in [1.54, 1.807) is 36.4 Å². The van der Waals surface area contributed by atoms with Crippen LogP contribution in [0, 0.1) is 6.92 Å². The van der Waals surface area contributed by atoms with E-state index >= 15 is 0 Å². The van der Waals surface area contributed by atoms with E-state index in [2.05, 4.69) is 10.3 Å². The summed E-state index contributed by atoms with van der Waals surface area (Å²) in [6.45, 7) is 2.00. The van der Waals surface area contributed by atoms with Crippen molar-refractivity contribution in [2.24, 2.45) is 0 Å². The Kier molecular flexibility index (Phi) is 6.74. The number of pyridine rings is 1. The molecule has 2 heterocycles. The van der Waals surface area contributed by atoms with Gasteiger partial charge in [0.05, 0.1) is 5.69 Å². The molecular weight excluding hydrogens is 486 g/mol. The van der Waals surface area contributed by atoms with Gasteiger partial charge in [0, 0.05) is 12.3 Å². The number of aryl methyl sites for hydroxylation is 1. The monoisotopic (exact) mass is 507 g/mol. The molecule has 0 spiro atoms. The first-order valence-electron chi connectivity index (χ1n) is 11.4. The van der Waals surface area contributed by atoms with Gasteiger partial charge in [-0.3, -0.25) is 19.8 Å². The second kappa shape index (κ2) is 10.4. The van der Waals surface area contributed by atoms with Crippen LogP contribution in [0.4, 0.5) is 5.69 Å². The number of rotatable bonds is 6. The highest BCUT2D eigenvalue weighted by Gasteiger charge is 2.34. The Morgan fingerprint density at radius 2 is 1.46 bits per heavy atom. The predicted molar refractivity (Wildman–Crippen MR) is 145 cm³/mol. The summed E-state index contributed by atoms with van der Waals surface area (Å²) in [6.07, 6.45) is 3.01. The Morgan fingerprint density at radius 3 is 2.14 bits per heavy atom. The van der Waals surface area contributed by atoms with Crippen LogP contribution < -0.4 is 19.7 Å². The third-order valence-electron chi connectivity index (χ3n) is 5.49. The third kappa shape index (κ3) is 5.55. The van der Waals surface area contributed by atoms with Crippen molar-refractivity contribution in [2.45, 2.75) is 6.92 Å². The molecular formula is C29H21N3O4S. The van der Waals surface area contributed by atoms with E-state index in [1.165, 1.54) is 17.2 Å². The van der Waals surface area contributed by atoms with E-state index in [1.807, 2.05) is 61.5 Å². The average Bonchev–Trinajstić information content (AvgIpc) is 2.90. The van der Waals surface area contributed by atoms with Crippen molar-refractivity contribution < 1.29 is 19.1 Å². The highest BCUT2D eigenvalue weighted by atomic mass is 32.1. The van der Waals surface area contributed by atoms with Crippen molar-refractivity contribution in [2.75, 3.05) is 4.90 Å². The first kappa shape index (κ1) is 23.9. The highest BCUT2D eigenvalue weighted by molar-refractivity contribution is 7.80. The molecule has 182 valence electrons. The number of nitrogens with one attached hydrogen (secondary N) is 1. The Morgan fingerprint density at radius 1 is 0.811 bits per heavy atom. The van der Waals surface area contributed by atoms with Crippen LogP contribution in [0.5, 0.6) is 23.1 Å². The summed E-state index contributed by atoms with van der Waals surface area (Å²) in [5.41, 5.74) is 2.13. The fourth-order valence-electron chi connectivity index (χ4n) is 3.61. The fraction of sp³-hybridized carbons (Fsp3) is 0.0345. The number of ether oxygens (including phenoxy) is 2. The molecule has 4 aromatic rings. The molecule has 37 heavy (non-hydrogen) atoms. The van der Waals surface area contributed by atoms with Crippen molar-refractivity contribution in [1.29, 1.82) is 0 Å². The summed E-state index contributed by atoms with van der Waals surface area (Å²) in [4.78, 5) is 31.5. The minimum absolute atomic E-state index is 0.00356. The summed E-state index contributed by atoms with van der Waals surface area (Å²) < 4.78 is 11.6. The van der Waals surface area contributed by atoms with Crippen LogP contribution in [0.2, 0.25) is 0 Å².